The Balaban J connectivity index is 2.23. The number of para-hydroxylation sites is 1. The number of hydrogen-bond acceptors (Lipinski definition) is 3. The molecular formula is C14H14N4. The third-order valence-electron chi connectivity index (χ3n) is 2.92. The molecule has 0 aliphatic rings. The number of fused-ring (bicyclic) bond motifs is 1. The molecule has 0 saturated heterocycles. The average Bonchev–Trinajstić information content (AvgIpc) is 2.93. The van der Waals surface area contributed by atoms with Gasteiger partial charge < -0.3 is 5.32 Å². The molecule has 0 aliphatic carbocycles. The lowest BCUT2D eigenvalue weighted by Crippen LogP contribution is -2.07. The summed E-state index contributed by atoms with van der Waals surface area (Å²) in [6.07, 6.45) is 5.43. The highest BCUT2D eigenvalue weighted by atomic mass is 15.1. The second kappa shape index (κ2) is 4.58. The van der Waals surface area contributed by atoms with Gasteiger partial charge in [-0.3, -0.25) is 4.57 Å². The standard InChI is InChI=1S/C14H14N4/c1-15-9-11-8-14(18-7-6-16-10-18)17-13-5-3-2-4-12(11)13/h2-8,10,15H,9H2,1H3. The van der Waals surface area contributed by atoms with Crippen LogP contribution in [0.1, 0.15) is 5.56 Å². The molecule has 0 radical (unpaired) electrons. The van der Waals surface area contributed by atoms with Gasteiger partial charge in [-0.2, -0.15) is 0 Å². The maximum Gasteiger partial charge on any atom is 0.138 e. The molecule has 0 unspecified atom stereocenters. The summed E-state index contributed by atoms with van der Waals surface area (Å²) in [5, 5.41) is 4.39. The van der Waals surface area contributed by atoms with E-state index in [1.165, 1.54) is 10.9 Å². The highest BCUT2D eigenvalue weighted by molar-refractivity contribution is 5.83. The molecule has 0 saturated carbocycles. The van der Waals surface area contributed by atoms with E-state index in [1.54, 1.807) is 12.5 Å². The maximum absolute atomic E-state index is 4.66. The number of pyridine rings is 1. The van der Waals surface area contributed by atoms with Crippen molar-refractivity contribution in [2.75, 3.05) is 7.05 Å². The third kappa shape index (κ3) is 1.87. The Morgan fingerprint density at radius 1 is 1.28 bits per heavy atom. The zero-order chi connectivity index (χ0) is 12.4. The topological polar surface area (TPSA) is 42.7 Å². The summed E-state index contributed by atoms with van der Waals surface area (Å²) in [7, 11) is 1.95. The van der Waals surface area contributed by atoms with Gasteiger partial charge in [0.15, 0.2) is 0 Å². The van der Waals surface area contributed by atoms with E-state index in [4.69, 9.17) is 0 Å². The smallest absolute Gasteiger partial charge is 0.138 e. The number of nitrogens with zero attached hydrogens (tertiary/aromatic N) is 3. The lowest BCUT2D eigenvalue weighted by molar-refractivity contribution is 0.820. The Morgan fingerprint density at radius 2 is 2.17 bits per heavy atom. The third-order valence-corrected chi connectivity index (χ3v) is 2.92. The van der Waals surface area contributed by atoms with E-state index >= 15 is 0 Å². The summed E-state index contributed by atoms with van der Waals surface area (Å²) in [6, 6.07) is 10.3. The van der Waals surface area contributed by atoms with Crippen LogP contribution in [0.25, 0.3) is 16.7 Å². The van der Waals surface area contributed by atoms with Crippen molar-refractivity contribution in [1.82, 2.24) is 19.9 Å². The van der Waals surface area contributed by atoms with Gasteiger partial charge in [-0.05, 0) is 24.7 Å². The van der Waals surface area contributed by atoms with Crippen LogP contribution >= 0.6 is 0 Å². The van der Waals surface area contributed by atoms with Crippen molar-refractivity contribution in [1.29, 1.82) is 0 Å². The fraction of sp³-hybridized carbons (Fsp3) is 0.143. The van der Waals surface area contributed by atoms with E-state index in [0.29, 0.717) is 0 Å². The number of aromatic nitrogens is 3. The van der Waals surface area contributed by atoms with Crippen LogP contribution in [0.3, 0.4) is 0 Å². The Labute approximate surface area is 105 Å². The van der Waals surface area contributed by atoms with Crippen LogP contribution in [-0.4, -0.2) is 21.6 Å². The molecule has 4 heteroatoms. The predicted molar refractivity (Wildman–Crippen MR) is 71.6 cm³/mol. The molecule has 90 valence electrons. The molecule has 1 N–H and O–H groups in total. The lowest BCUT2D eigenvalue weighted by Gasteiger charge is -2.09. The molecule has 3 aromatic rings. The van der Waals surface area contributed by atoms with Gasteiger partial charge in [0.1, 0.15) is 12.1 Å². The molecule has 4 nitrogen and oxygen atoms in total. The summed E-state index contributed by atoms with van der Waals surface area (Å²) in [5.74, 6) is 0.899. The van der Waals surface area contributed by atoms with Gasteiger partial charge in [-0.25, -0.2) is 9.97 Å². The molecule has 0 bridgehead atoms. The molecule has 2 aromatic heterocycles. The van der Waals surface area contributed by atoms with Gasteiger partial charge in [0.25, 0.3) is 0 Å². The van der Waals surface area contributed by atoms with E-state index in [1.807, 2.05) is 36.0 Å². The number of imidazole rings is 1. The van der Waals surface area contributed by atoms with Crippen molar-refractivity contribution >= 4 is 10.9 Å². The minimum atomic E-state index is 0.824. The molecule has 0 aliphatic heterocycles. The van der Waals surface area contributed by atoms with Gasteiger partial charge in [0.05, 0.1) is 5.52 Å². The average molecular weight is 238 g/mol. The lowest BCUT2D eigenvalue weighted by atomic mass is 10.1. The second-order valence-corrected chi connectivity index (χ2v) is 4.16. The first kappa shape index (κ1) is 10.9. The maximum atomic E-state index is 4.66. The number of benzene rings is 1. The predicted octanol–water partition coefficient (Wildman–Crippen LogP) is 2.14. The first-order valence-electron chi connectivity index (χ1n) is 5.90. The summed E-state index contributed by atoms with van der Waals surface area (Å²) >= 11 is 0. The summed E-state index contributed by atoms with van der Waals surface area (Å²) < 4.78 is 1.92. The van der Waals surface area contributed by atoms with Crippen LogP contribution in [0.5, 0.6) is 0 Å². The number of rotatable bonds is 3. The quantitative estimate of drug-likeness (QED) is 0.760. The molecule has 18 heavy (non-hydrogen) atoms. The summed E-state index contributed by atoms with van der Waals surface area (Å²) in [5.41, 5.74) is 2.25. The van der Waals surface area contributed by atoms with Gasteiger partial charge in [-0.15, -0.1) is 0 Å². The van der Waals surface area contributed by atoms with Crippen molar-refractivity contribution in [2.45, 2.75) is 6.54 Å². The van der Waals surface area contributed by atoms with Gasteiger partial charge in [-0.1, -0.05) is 18.2 Å². The fourth-order valence-corrected chi connectivity index (χ4v) is 2.10. The van der Waals surface area contributed by atoms with Crippen LogP contribution < -0.4 is 5.32 Å². The zero-order valence-electron chi connectivity index (χ0n) is 10.2. The largest absolute Gasteiger partial charge is 0.316 e. The molecule has 1 aromatic carbocycles. The molecule has 3 rings (SSSR count). The second-order valence-electron chi connectivity index (χ2n) is 4.16. The Kier molecular flexibility index (Phi) is 2.78. The van der Waals surface area contributed by atoms with Crippen LogP contribution in [0, 0.1) is 0 Å². The Hall–Kier alpha value is -2.20. The van der Waals surface area contributed by atoms with E-state index < -0.39 is 0 Å². The van der Waals surface area contributed by atoms with Crippen LogP contribution in [0.2, 0.25) is 0 Å². The van der Waals surface area contributed by atoms with E-state index in [-0.39, 0.29) is 0 Å². The van der Waals surface area contributed by atoms with Crippen molar-refractivity contribution in [3.05, 3.63) is 54.6 Å². The highest BCUT2D eigenvalue weighted by Crippen LogP contribution is 2.20. The van der Waals surface area contributed by atoms with Crippen molar-refractivity contribution in [2.24, 2.45) is 0 Å². The minimum absolute atomic E-state index is 0.824. The molecular weight excluding hydrogens is 224 g/mol. The molecule has 0 fully saturated rings. The van der Waals surface area contributed by atoms with Gasteiger partial charge in [0, 0.05) is 24.3 Å². The molecule has 2 heterocycles. The normalized spacial score (nSPS) is 10.9. The van der Waals surface area contributed by atoms with E-state index in [0.717, 1.165) is 17.9 Å². The minimum Gasteiger partial charge on any atom is -0.316 e. The zero-order valence-corrected chi connectivity index (χ0v) is 10.2. The molecule has 0 amide bonds. The monoisotopic (exact) mass is 238 g/mol. The van der Waals surface area contributed by atoms with E-state index in [9.17, 15) is 0 Å². The summed E-state index contributed by atoms with van der Waals surface area (Å²) in [6.45, 7) is 0.824. The first-order chi connectivity index (χ1) is 8.88. The van der Waals surface area contributed by atoms with Crippen LogP contribution in [0.4, 0.5) is 0 Å². The highest BCUT2D eigenvalue weighted by Gasteiger charge is 2.05. The molecule has 0 atom stereocenters. The van der Waals surface area contributed by atoms with E-state index in [2.05, 4.69) is 27.4 Å². The Morgan fingerprint density at radius 3 is 2.94 bits per heavy atom. The van der Waals surface area contributed by atoms with Crippen molar-refractivity contribution in [3.8, 4) is 5.82 Å². The van der Waals surface area contributed by atoms with Crippen LogP contribution in [0.15, 0.2) is 49.1 Å². The molecule has 0 spiro atoms. The van der Waals surface area contributed by atoms with Crippen LogP contribution in [-0.2, 0) is 6.54 Å². The van der Waals surface area contributed by atoms with Gasteiger partial charge >= 0.3 is 0 Å². The number of hydrogen-bond donors (Lipinski definition) is 1. The Bertz CT molecular complexity index is 659. The van der Waals surface area contributed by atoms with Gasteiger partial charge in [0.2, 0.25) is 0 Å². The SMILES string of the molecule is CNCc1cc(-n2ccnc2)nc2ccccc12. The van der Waals surface area contributed by atoms with Crippen molar-refractivity contribution in [3.63, 3.8) is 0 Å². The fourth-order valence-electron chi connectivity index (χ4n) is 2.10. The van der Waals surface area contributed by atoms with Crippen molar-refractivity contribution < 1.29 is 0 Å². The first-order valence-corrected chi connectivity index (χ1v) is 5.90. The summed E-state index contributed by atoms with van der Waals surface area (Å²) in [4.78, 5) is 8.72. The number of nitrogens with one attached hydrogen (secondary N) is 1.